The van der Waals surface area contributed by atoms with Crippen LogP contribution in [0.5, 0.6) is 0 Å². The summed E-state index contributed by atoms with van der Waals surface area (Å²) in [6.45, 7) is 1.37. The Morgan fingerprint density at radius 1 is 1.05 bits per heavy atom. The van der Waals surface area contributed by atoms with E-state index in [0.717, 1.165) is 17.8 Å². The van der Waals surface area contributed by atoms with Crippen LogP contribution >= 0.6 is 0 Å². The smallest absolute Gasteiger partial charge is 0.413 e. The van der Waals surface area contributed by atoms with Gasteiger partial charge < -0.3 is 10.1 Å². The van der Waals surface area contributed by atoms with Gasteiger partial charge in [-0.3, -0.25) is 15.1 Å². The quantitative estimate of drug-likeness (QED) is 0.335. The van der Waals surface area contributed by atoms with Gasteiger partial charge in [-0.2, -0.15) is 8.78 Å². The molecule has 2 amide bonds. The molecule has 2 N–H and O–H groups in total. The largest absolute Gasteiger partial charge is 0.441 e. The van der Waals surface area contributed by atoms with E-state index in [1.165, 1.54) is 37.1 Å². The van der Waals surface area contributed by atoms with Gasteiger partial charge in [0.05, 0.1) is 29.3 Å². The first-order valence-corrected chi connectivity index (χ1v) is 11.8. The molecule has 0 spiro atoms. The summed E-state index contributed by atoms with van der Waals surface area (Å²) in [6.07, 6.45) is 2.13. The van der Waals surface area contributed by atoms with Crippen molar-refractivity contribution in [1.82, 2.24) is 29.9 Å². The summed E-state index contributed by atoms with van der Waals surface area (Å²) in [4.78, 5) is 36.3. The summed E-state index contributed by atoms with van der Waals surface area (Å²) >= 11 is 0. The third kappa shape index (κ3) is 5.68. The first-order valence-electron chi connectivity index (χ1n) is 11.8. The first kappa shape index (κ1) is 25.8. The van der Waals surface area contributed by atoms with Crippen LogP contribution in [0.25, 0.3) is 11.4 Å². The Morgan fingerprint density at radius 3 is 2.59 bits per heavy atom. The molecular weight excluding hydrogens is 517 g/mol. The number of nitrogens with zero attached hydrogens (tertiary/aromatic N) is 6. The van der Waals surface area contributed by atoms with Crippen LogP contribution in [0.2, 0.25) is 0 Å². The number of anilines is 2. The van der Waals surface area contributed by atoms with Crippen LogP contribution in [0.1, 0.15) is 36.5 Å². The molecule has 200 valence electrons. The van der Waals surface area contributed by atoms with Crippen molar-refractivity contribution >= 4 is 23.5 Å². The second kappa shape index (κ2) is 10.5. The molecule has 0 aromatic carbocycles. The number of hydrogen-bond donors (Lipinski definition) is 2. The van der Waals surface area contributed by atoms with E-state index < -0.39 is 29.9 Å². The van der Waals surface area contributed by atoms with Gasteiger partial charge in [-0.05, 0) is 49.1 Å². The van der Waals surface area contributed by atoms with Gasteiger partial charge in [0, 0.05) is 19.2 Å². The van der Waals surface area contributed by atoms with Gasteiger partial charge in [0.15, 0.2) is 11.5 Å². The maximum Gasteiger partial charge on any atom is 0.413 e. The van der Waals surface area contributed by atoms with Crippen LogP contribution in [0.4, 0.5) is 29.5 Å². The fraction of sp³-hybridized carbons (Fsp3) is 0.240. The average Bonchev–Trinajstić information content (AvgIpc) is 3.64. The lowest BCUT2D eigenvalue weighted by molar-refractivity contribution is -0.117. The maximum absolute atomic E-state index is 13.9. The Kier molecular flexibility index (Phi) is 6.92. The summed E-state index contributed by atoms with van der Waals surface area (Å²) in [5.74, 6) is -2.62. The highest BCUT2D eigenvalue weighted by Gasteiger charge is 2.44. The van der Waals surface area contributed by atoms with Crippen molar-refractivity contribution in [3.63, 3.8) is 0 Å². The molecule has 0 radical (unpaired) electrons. The number of carbonyl (C=O) groups is 2. The van der Waals surface area contributed by atoms with E-state index in [0.29, 0.717) is 17.8 Å². The average molecular weight is 538 g/mol. The minimum Gasteiger partial charge on any atom is -0.441 e. The zero-order chi connectivity index (χ0) is 27.7. The monoisotopic (exact) mass is 538 g/mol. The highest BCUT2D eigenvalue weighted by Crippen LogP contribution is 2.47. The molecule has 14 heteroatoms. The van der Waals surface area contributed by atoms with Crippen LogP contribution in [-0.2, 0) is 16.6 Å². The number of aryl methyl sites for hydroxylation is 1. The molecule has 1 aliphatic carbocycles. The fourth-order valence-corrected chi connectivity index (χ4v) is 4.05. The minimum absolute atomic E-state index is 0.0188. The van der Waals surface area contributed by atoms with E-state index in [4.69, 9.17) is 4.74 Å². The molecule has 0 saturated heterocycles. The summed E-state index contributed by atoms with van der Waals surface area (Å²) < 4.78 is 46.8. The lowest BCUT2D eigenvalue weighted by atomic mass is 10.1. The van der Waals surface area contributed by atoms with Gasteiger partial charge in [-0.1, -0.05) is 11.3 Å². The van der Waals surface area contributed by atoms with Crippen molar-refractivity contribution in [2.75, 3.05) is 10.6 Å². The molecule has 5 rings (SSSR count). The third-order valence-electron chi connectivity index (χ3n) is 6.18. The Morgan fingerprint density at radius 2 is 1.87 bits per heavy atom. The third-order valence-corrected chi connectivity index (χ3v) is 6.18. The second-order valence-corrected chi connectivity index (χ2v) is 8.90. The number of ether oxygens (including phenoxy) is 1. The molecule has 4 aromatic heterocycles. The molecule has 0 bridgehead atoms. The second-order valence-electron chi connectivity index (χ2n) is 8.90. The van der Waals surface area contributed by atoms with Crippen molar-refractivity contribution in [3.8, 4) is 11.4 Å². The topological polar surface area (TPSA) is 137 Å². The van der Waals surface area contributed by atoms with E-state index in [2.05, 4.69) is 35.9 Å². The molecule has 1 fully saturated rings. The Labute approximate surface area is 219 Å². The Hall–Kier alpha value is -4.88. The van der Waals surface area contributed by atoms with Crippen molar-refractivity contribution in [2.24, 2.45) is 13.0 Å². The molecule has 39 heavy (non-hydrogen) atoms. The van der Waals surface area contributed by atoms with E-state index in [1.54, 1.807) is 18.2 Å². The minimum atomic E-state index is -1.13. The molecule has 4 heterocycles. The Bertz CT molecular complexity index is 1530. The van der Waals surface area contributed by atoms with E-state index >= 15 is 0 Å². The van der Waals surface area contributed by atoms with Crippen molar-refractivity contribution in [2.45, 2.75) is 25.4 Å². The van der Waals surface area contributed by atoms with Crippen LogP contribution in [0.15, 0.2) is 48.9 Å². The number of pyridine rings is 3. The van der Waals surface area contributed by atoms with Crippen LogP contribution in [0.3, 0.4) is 0 Å². The molecule has 1 saturated carbocycles. The zero-order valence-electron chi connectivity index (χ0n) is 20.6. The standard InChI is InChI=1S/C25H21F3N8O3/c1-12(16-7-14(26)10-31-22(16)28)39-25(38)33-23-21(34-35-36(23)2)19-5-4-15(11-29-19)32-24(37)18-8-17(18)13-3-6-20(27)30-9-13/h3-7,9-12,17-18H,8H2,1-2H3,(H,32,37)(H,33,38)/t12-,17+,18-/m1/s1. The van der Waals surface area contributed by atoms with Gasteiger partial charge in [0.25, 0.3) is 0 Å². The molecule has 0 aliphatic heterocycles. The van der Waals surface area contributed by atoms with Crippen LogP contribution in [0, 0.1) is 23.6 Å². The molecule has 11 nitrogen and oxygen atoms in total. The van der Waals surface area contributed by atoms with Crippen molar-refractivity contribution in [3.05, 3.63) is 77.8 Å². The SMILES string of the molecule is C[C@@H](OC(=O)Nc1c(-c2ccc(NC(=O)[C@@H]3C[C@H]3c3ccc(F)nc3)cn2)nnn1C)c1cc(F)cnc1F. The van der Waals surface area contributed by atoms with E-state index in [1.807, 2.05) is 0 Å². The first-order chi connectivity index (χ1) is 18.7. The molecule has 1 aliphatic rings. The summed E-state index contributed by atoms with van der Waals surface area (Å²) in [6, 6.07) is 6.99. The number of carbonyl (C=O) groups excluding carboxylic acids is 2. The number of rotatable bonds is 7. The molecule has 0 unspecified atom stereocenters. The predicted octanol–water partition coefficient (Wildman–Crippen LogP) is 4.14. The highest BCUT2D eigenvalue weighted by molar-refractivity contribution is 5.95. The molecule has 3 atom stereocenters. The summed E-state index contributed by atoms with van der Waals surface area (Å²) in [5.41, 5.74) is 1.58. The summed E-state index contributed by atoms with van der Waals surface area (Å²) in [7, 11) is 1.53. The number of aromatic nitrogens is 6. The summed E-state index contributed by atoms with van der Waals surface area (Å²) in [5, 5.41) is 13.2. The van der Waals surface area contributed by atoms with E-state index in [9.17, 15) is 22.8 Å². The van der Waals surface area contributed by atoms with Gasteiger partial charge in [-0.15, -0.1) is 5.10 Å². The van der Waals surface area contributed by atoms with Gasteiger partial charge in [0.1, 0.15) is 11.9 Å². The number of hydrogen-bond acceptors (Lipinski definition) is 8. The predicted molar refractivity (Wildman–Crippen MR) is 131 cm³/mol. The highest BCUT2D eigenvalue weighted by atomic mass is 19.1. The fourth-order valence-electron chi connectivity index (χ4n) is 4.05. The van der Waals surface area contributed by atoms with Crippen molar-refractivity contribution in [1.29, 1.82) is 0 Å². The van der Waals surface area contributed by atoms with Gasteiger partial charge in [0.2, 0.25) is 17.8 Å². The number of halogens is 3. The van der Waals surface area contributed by atoms with Gasteiger partial charge in [-0.25, -0.2) is 23.8 Å². The number of nitrogens with one attached hydrogen (secondary N) is 2. The molecule has 4 aromatic rings. The zero-order valence-corrected chi connectivity index (χ0v) is 20.6. The lowest BCUT2D eigenvalue weighted by Crippen LogP contribution is -2.19. The Balaban J connectivity index is 1.22. The number of amides is 2. The maximum atomic E-state index is 13.9. The van der Waals surface area contributed by atoms with Crippen molar-refractivity contribution < 1.29 is 27.5 Å². The van der Waals surface area contributed by atoms with Crippen LogP contribution < -0.4 is 10.6 Å². The normalized spacial score (nSPS) is 16.8. The molecular formula is C25H21F3N8O3. The van der Waals surface area contributed by atoms with Gasteiger partial charge >= 0.3 is 6.09 Å². The lowest BCUT2D eigenvalue weighted by Gasteiger charge is -2.15. The van der Waals surface area contributed by atoms with Crippen LogP contribution in [-0.4, -0.2) is 41.9 Å². The van der Waals surface area contributed by atoms with E-state index in [-0.39, 0.29) is 34.8 Å².